The highest BCUT2D eigenvalue weighted by molar-refractivity contribution is 7.13. The van der Waals surface area contributed by atoms with Gasteiger partial charge in [-0.3, -0.25) is 9.59 Å². The van der Waals surface area contributed by atoms with E-state index in [0.29, 0.717) is 36.2 Å². The van der Waals surface area contributed by atoms with E-state index in [0.717, 1.165) is 12.8 Å². The highest BCUT2D eigenvalue weighted by Gasteiger charge is 2.37. The van der Waals surface area contributed by atoms with Crippen LogP contribution in [0.15, 0.2) is 41.9 Å². The molecule has 0 radical (unpaired) electrons. The lowest BCUT2D eigenvalue weighted by Crippen LogP contribution is -2.59. The fourth-order valence-corrected chi connectivity index (χ4v) is 5.03. The highest BCUT2D eigenvalue weighted by atomic mass is 32.1. The third-order valence-electron chi connectivity index (χ3n) is 6.19. The normalized spacial score (nSPS) is 18.3. The van der Waals surface area contributed by atoms with Gasteiger partial charge in [0.1, 0.15) is 12.6 Å². The van der Waals surface area contributed by atoms with Gasteiger partial charge in [0.25, 0.3) is 0 Å². The summed E-state index contributed by atoms with van der Waals surface area (Å²) in [6, 6.07) is 8.32. The van der Waals surface area contributed by atoms with E-state index in [1.807, 2.05) is 18.2 Å². The molecule has 2 aromatic rings. The SMILES string of the molecule is O=C(Nc1nccs1)[C@H](CC1CCCCC1)N1CCN(C(=O)Nc2ccccc2)CC1=O. The van der Waals surface area contributed by atoms with Gasteiger partial charge < -0.3 is 20.4 Å². The van der Waals surface area contributed by atoms with Crippen LogP contribution in [-0.2, 0) is 9.59 Å². The molecule has 32 heavy (non-hydrogen) atoms. The first kappa shape index (κ1) is 22.3. The van der Waals surface area contributed by atoms with Crippen LogP contribution >= 0.6 is 11.3 Å². The number of hydrogen-bond donors (Lipinski definition) is 2. The van der Waals surface area contributed by atoms with Gasteiger partial charge in [-0.25, -0.2) is 9.78 Å². The van der Waals surface area contributed by atoms with E-state index in [1.54, 1.807) is 28.6 Å². The number of amides is 4. The van der Waals surface area contributed by atoms with Crippen LogP contribution in [0.3, 0.4) is 0 Å². The van der Waals surface area contributed by atoms with Gasteiger partial charge in [-0.2, -0.15) is 0 Å². The van der Waals surface area contributed by atoms with Crippen molar-refractivity contribution in [1.29, 1.82) is 0 Å². The quantitative estimate of drug-likeness (QED) is 0.693. The number of nitrogens with one attached hydrogen (secondary N) is 2. The van der Waals surface area contributed by atoms with Crippen LogP contribution in [0.5, 0.6) is 0 Å². The molecule has 8 nitrogen and oxygen atoms in total. The lowest BCUT2D eigenvalue weighted by molar-refractivity contribution is -0.142. The monoisotopic (exact) mass is 455 g/mol. The smallest absolute Gasteiger partial charge is 0.322 e. The van der Waals surface area contributed by atoms with Gasteiger partial charge in [-0.1, -0.05) is 50.3 Å². The van der Waals surface area contributed by atoms with E-state index in [-0.39, 0.29) is 24.4 Å². The molecule has 2 fully saturated rings. The fourth-order valence-electron chi connectivity index (χ4n) is 4.50. The number of benzene rings is 1. The van der Waals surface area contributed by atoms with Crippen LogP contribution < -0.4 is 10.6 Å². The molecule has 1 saturated carbocycles. The number of piperazine rings is 1. The molecule has 1 saturated heterocycles. The van der Waals surface area contributed by atoms with E-state index in [4.69, 9.17) is 0 Å². The van der Waals surface area contributed by atoms with Gasteiger partial charge in [0.2, 0.25) is 11.8 Å². The Kier molecular flexibility index (Phi) is 7.36. The van der Waals surface area contributed by atoms with Crippen molar-refractivity contribution in [2.24, 2.45) is 5.92 Å². The highest BCUT2D eigenvalue weighted by Crippen LogP contribution is 2.30. The Morgan fingerprint density at radius 1 is 1.09 bits per heavy atom. The lowest BCUT2D eigenvalue weighted by Gasteiger charge is -2.39. The molecule has 2 heterocycles. The molecule has 0 unspecified atom stereocenters. The molecule has 2 N–H and O–H groups in total. The molecule has 2 aliphatic rings. The van der Waals surface area contributed by atoms with Gasteiger partial charge in [-0.15, -0.1) is 11.3 Å². The second-order valence-electron chi connectivity index (χ2n) is 8.39. The second kappa shape index (κ2) is 10.6. The minimum Gasteiger partial charge on any atom is -0.327 e. The molecule has 0 bridgehead atoms. The zero-order valence-electron chi connectivity index (χ0n) is 18.0. The Hall–Kier alpha value is -2.94. The molecule has 9 heteroatoms. The van der Waals surface area contributed by atoms with Gasteiger partial charge in [0.15, 0.2) is 5.13 Å². The average Bonchev–Trinajstić information content (AvgIpc) is 3.32. The zero-order valence-corrected chi connectivity index (χ0v) is 18.9. The van der Waals surface area contributed by atoms with Crippen molar-refractivity contribution in [2.75, 3.05) is 30.3 Å². The summed E-state index contributed by atoms with van der Waals surface area (Å²) in [7, 11) is 0. The third kappa shape index (κ3) is 5.64. The number of carbonyl (C=O) groups excluding carboxylic acids is 3. The van der Waals surface area contributed by atoms with Gasteiger partial charge >= 0.3 is 6.03 Å². The van der Waals surface area contributed by atoms with Crippen LogP contribution in [0, 0.1) is 5.92 Å². The first-order valence-electron chi connectivity index (χ1n) is 11.2. The lowest BCUT2D eigenvalue weighted by atomic mass is 9.84. The Morgan fingerprint density at radius 2 is 1.88 bits per heavy atom. The molecule has 1 atom stereocenters. The summed E-state index contributed by atoms with van der Waals surface area (Å²) in [6.45, 7) is 0.685. The summed E-state index contributed by atoms with van der Waals surface area (Å²) in [5, 5.41) is 8.05. The predicted molar refractivity (Wildman–Crippen MR) is 124 cm³/mol. The van der Waals surface area contributed by atoms with E-state index in [1.165, 1.54) is 35.5 Å². The Morgan fingerprint density at radius 3 is 2.56 bits per heavy atom. The standard InChI is InChI=1S/C23H29N5O3S/c29-20-16-27(23(31)25-18-9-5-2-6-10-18)12-13-28(20)19(15-17-7-3-1-4-8-17)21(30)26-22-24-11-14-32-22/h2,5-6,9-11,14,17,19H,1,3-4,7-8,12-13,15-16H2,(H,25,31)(H,24,26,30)/t19-/m0/s1. The summed E-state index contributed by atoms with van der Waals surface area (Å²) in [5.41, 5.74) is 0.686. The molecular weight excluding hydrogens is 426 g/mol. The Labute approximate surface area is 192 Å². The van der Waals surface area contributed by atoms with Crippen molar-refractivity contribution in [1.82, 2.24) is 14.8 Å². The number of urea groups is 1. The van der Waals surface area contributed by atoms with Crippen LogP contribution in [0.4, 0.5) is 15.6 Å². The molecular formula is C23H29N5O3S. The minimum absolute atomic E-state index is 0.0373. The molecule has 170 valence electrons. The van der Waals surface area contributed by atoms with Crippen LogP contribution in [-0.4, -0.2) is 58.3 Å². The van der Waals surface area contributed by atoms with Gasteiger partial charge in [0.05, 0.1) is 0 Å². The van der Waals surface area contributed by atoms with E-state index < -0.39 is 6.04 Å². The van der Waals surface area contributed by atoms with E-state index in [2.05, 4.69) is 15.6 Å². The number of thiazole rings is 1. The largest absolute Gasteiger partial charge is 0.327 e. The number of para-hydroxylation sites is 1. The van der Waals surface area contributed by atoms with Crippen molar-refractivity contribution < 1.29 is 14.4 Å². The van der Waals surface area contributed by atoms with Gasteiger partial charge in [-0.05, 0) is 24.5 Å². The topological polar surface area (TPSA) is 94.6 Å². The summed E-state index contributed by atoms with van der Waals surface area (Å²) < 4.78 is 0. The maximum Gasteiger partial charge on any atom is 0.322 e. The number of nitrogens with zero attached hydrogens (tertiary/aromatic N) is 3. The van der Waals surface area contributed by atoms with E-state index >= 15 is 0 Å². The van der Waals surface area contributed by atoms with Crippen molar-refractivity contribution in [2.45, 2.75) is 44.6 Å². The maximum atomic E-state index is 13.2. The number of anilines is 2. The number of rotatable bonds is 6. The summed E-state index contributed by atoms with van der Waals surface area (Å²) in [6.07, 6.45) is 8.06. The van der Waals surface area contributed by atoms with Crippen molar-refractivity contribution in [3.05, 3.63) is 41.9 Å². The summed E-state index contributed by atoms with van der Waals surface area (Å²) in [4.78, 5) is 46.1. The van der Waals surface area contributed by atoms with Crippen LogP contribution in [0.1, 0.15) is 38.5 Å². The fraction of sp³-hybridized carbons (Fsp3) is 0.478. The Bertz CT molecular complexity index is 915. The first-order chi connectivity index (χ1) is 15.6. The van der Waals surface area contributed by atoms with E-state index in [9.17, 15) is 14.4 Å². The molecule has 4 amide bonds. The molecule has 1 aliphatic carbocycles. The second-order valence-corrected chi connectivity index (χ2v) is 9.28. The van der Waals surface area contributed by atoms with Crippen molar-refractivity contribution >= 4 is 40.0 Å². The third-order valence-corrected chi connectivity index (χ3v) is 6.88. The molecule has 0 spiro atoms. The number of hydrogen-bond acceptors (Lipinski definition) is 5. The molecule has 1 aliphatic heterocycles. The molecule has 1 aromatic carbocycles. The maximum absolute atomic E-state index is 13.2. The Balaban J connectivity index is 1.42. The summed E-state index contributed by atoms with van der Waals surface area (Å²) in [5.74, 6) is 0.0404. The number of carbonyl (C=O) groups is 3. The first-order valence-corrected chi connectivity index (χ1v) is 12.1. The van der Waals surface area contributed by atoms with Gasteiger partial charge in [0, 0.05) is 30.4 Å². The summed E-state index contributed by atoms with van der Waals surface area (Å²) >= 11 is 1.36. The zero-order chi connectivity index (χ0) is 22.3. The van der Waals surface area contributed by atoms with Crippen molar-refractivity contribution in [3.8, 4) is 0 Å². The number of aromatic nitrogens is 1. The predicted octanol–water partition coefficient (Wildman–Crippen LogP) is 3.80. The molecule has 4 rings (SSSR count). The van der Waals surface area contributed by atoms with Crippen LogP contribution in [0.25, 0.3) is 0 Å². The van der Waals surface area contributed by atoms with Crippen molar-refractivity contribution in [3.63, 3.8) is 0 Å². The minimum atomic E-state index is -0.547. The van der Waals surface area contributed by atoms with Crippen LogP contribution in [0.2, 0.25) is 0 Å². The average molecular weight is 456 g/mol. The molecule has 1 aromatic heterocycles.